The molecule has 0 saturated carbocycles. The molecule has 1 rings (SSSR count). The van der Waals surface area contributed by atoms with Crippen molar-refractivity contribution < 1.29 is 5.11 Å². The highest BCUT2D eigenvalue weighted by atomic mass is 16.3. The average Bonchev–Trinajstić information content (AvgIpc) is 2.09. The first-order valence-corrected chi connectivity index (χ1v) is 3.65. The second-order valence-corrected chi connectivity index (χ2v) is 2.26. The van der Waals surface area contributed by atoms with Gasteiger partial charge >= 0.3 is 0 Å². The van der Waals surface area contributed by atoms with Gasteiger partial charge in [0.25, 0.3) is 0 Å². The lowest BCUT2D eigenvalue weighted by Crippen LogP contribution is -2.03. The maximum absolute atomic E-state index is 8.87. The summed E-state index contributed by atoms with van der Waals surface area (Å²) in [7, 11) is 1.86. The Bertz CT molecular complexity index is 256. The van der Waals surface area contributed by atoms with Crippen LogP contribution in [0.4, 0.5) is 0 Å². The van der Waals surface area contributed by atoms with Crippen molar-refractivity contribution in [1.82, 2.24) is 15.3 Å². The summed E-state index contributed by atoms with van der Waals surface area (Å²) in [5, 5.41) is 11.8. The molecule has 0 spiro atoms. The Kier molecular flexibility index (Phi) is 3.22. The summed E-state index contributed by atoms with van der Waals surface area (Å²) in [6.07, 6.45) is 6.43. The molecule has 4 nitrogen and oxygen atoms in total. The van der Waals surface area contributed by atoms with Crippen molar-refractivity contribution in [3.8, 4) is 5.75 Å². The molecule has 0 saturated heterocycles. The van der Waals surface area contributed by atoms with Crippen molar-refractivity contribution in [1.29, 1.82) is 0 Å². The fourth-order valence-electron chi connectivity index (χ4n) is 0.699. The molecule has 1 aromatic heterocycles. The van der Waals surface area contributed by atoms with Crippen LogP contribution < -0.4 is 5.32 Å². The van der Waals surface area contributed by atoms with E-state index in [1.165, 1.54) is 12.4 Å². The maximum Gasteiger partial charge on any atom is 0.152 e. The minimum absolute atomic E-state index is 0.0840. The van der Waals surface area contributed by atoms with Crippen LogP contribution in [0.5, 0.6) is 5.75 Å². The third-order valence-electron chi connectivity index (χ3n) is 1.25. The number of hydrogen-bond donors (Lipinski definition) is 2. The van der Waals surface area contributed by atoms with Gasteiger partial charge in [0.15, 0.2) is 11.6 Å². The zero-order valence-corrected chi connectivity index (χ0v) is 6.86. The van der Waals surface area contributed by atoms with E-state index in [2.05, 4.69) is 15.3 Å². The van der Waals surface area contributed by atoms with E-state index in [-0.39, 0.29) is 5.75 Å². The van der Waals surface area contributed by atoms with E-state index in [1.807, 2.05) is 13.1 Å². The summed E-state index contributed by atoms with van der Waals surface area (Å²) in [5.74, 6) is 0.684. The van der Waals surface area contributed by atoms with Gasteiger partial charge in [0.05, 0.1) is 12.4 Å². The maximum atomic E-state index is 8.87. The largest absolute Gasteiger partial charge is 0.505 e. The van der Waals surface area contributed by atoms with Gasteiger partial charge < -0.3 is 10.4 Å². The normalized spacial score (nSPS) is 10.8. The van der Waals surface area contributed by atoms with Gasteiger partial charge in [-0.05, 0) is 13.1 Å². The number of aromatic nitrogens is 2. The molecular formula is C8H11N3O. The van der Waals surface area contributed by atoms with Crippen molar-refractivity contribution in [3.63, 3.8) is 0 Å². The van der Waals surface area contributed by atoms with Crippen LogP contribution in [0.25, 0.3) is 6.08 Å². The van der Waals surface area contributed by atoms with Crippen LogP contribution >= 0.6 is 0 Å². The first-order chi connectivity index (χ1) is 5.83. The molecule has 0 fully saturated rings. The van der Waals surface area contributed by atoms with Crippen LogP contribution in [0.3, 0.4) is 0 Å². The number of likely N-dealkylation sites (N-methyl/N-ethyl adjacent to an activating group) is 1. The summed E-state index contributed by atoms with van der Waals surface area (Å²) in [6.45, 7) is 0.782. The van der Waals surface area contributed by atoms with E-state index in [4.69, 9.17) is 5.11 Å². The van der Waals surface area contributed by atoms with Gasteiger partial charge in [-0.2, -0.15) is 0 Å². The second-order valence-electron chi connectivity index (χ2n) is 2.26. The average molecular weight is 165 g/mol. The van der Waals surface area contributed by atoms with Crippen LogP contribution in [-0.4, -0.2) is 28.7 Å². The molecule has 0 amide bonds. The molecule has 0 aliphatic rings. The summed E-state index contributed by atoms with van der Waals surface area (Å²) in [5.41, 5.74) is 0. The van der Waals surface area contributed by atoms with Crippen LogP contribution in [0, 0.1) is 0 Å². The summed E-state index contributed by atoms with van der Waals surface area (Å²) >= 11 is 0. The van der Waals surface area contributed by atoms with Crippen LogP contribution in [-0.2, 0) is 0 Å². The number of rotatable bonds is 3. The predicted molar refractivity (Wildman–Crippen MR) is 46.7 cm³/mol. The fourth-order valence-corrected chi connectivity index (χ4v) is 0.699. The standard InChI is InChI=1S/C8H11N3O/c1-9-4-2-3-8-10-5-7(12)6-11-8/h2-3,5-6,9,12H,4H2,1H3. The first-order valence-electron chi connectivity index (χ1n) is 3.65. The third kappa shape index (κ3) is 2.67. The highest BCUT2D eigenvalue weighted by Gasteiger charge is 1.89. The lowest BCUT2D eigenvalue weighted by Gasteiger charge is -1.92. The molecule has 2 N–H and O–H groups in total. The molecule has 0 aliphatic heterocycles. The Morgan fingerprint density at radius 1 is 1.50 bits per heavy atom. The Balaban J connectivity index is 2.58. The Labute approximate surface area is 71.0 Å². The minimum atomic E-state index is 0.0840. The zero-order valence-electron chi connectivity index (χ0n) is 6.86. The quantitative estimate of drug-likeness (QED) is 0.681. The van der Waals surface area contributed by atoms with Crippen molar-refractivity contribution in [2.45, 2.75) is 0 Å². The van der Waals surface area contributed by atoms with Crippen molar-refractivity contribution in [2.24, 2.45) is 0 Å². The van der Waals surface area contributed by atoms with Crippen LogP contribution in [0.1, 0.15) is 5.82 Å². The fraction of sp³-hybridized carbons (Fsp3) is 0.250. The SMILES string of the molecule is CNCC=Cc1ncc(O)cn1. The van der Waals surface area contributed by atoms with Crippen molar-refractivity contribution in [3.05, 3.63) is 24.3 Å². The number of aromatic hydroxyl groups is 1. The molecule has 1 heterocycles. The second kappa shape index (κ2) is 4.46. The van der Waals surface area contributed by atoms with Crippen molar-refractivity contribution >= 4 is 6.08 Å². The van der Waals surface area contributed by atoms with Gasteiger partial charge in [-0.1, -0.05) is 6.08 Å². The highest BCUT2D eigenvalue weighted by Crippen LogP contribution is 2.02. The van der Waals surface area contributed by atoms with Crippen molar-refractivity contribution in [2.75, 3.05) is 13.6 Å². The van der Waals surface area contributed by atoms with Gasteiger partial charge in [0, 0.05) is 6.54 Å². The number of nitrogens with zero attached hydrogens (tertiary/aromatic N) is 2. The van der Waals surface area contributed by atoms with Gasteiger partial charge in [-0.3, -0.25) is 0 Å². The summed E-state index contributed by atoms with van der Waals surface area (Å²) < 4.78 is 0. The van der Waals surface area contributed by atoms with E-state index >= 15 is 0 Å². The Hall–Kier alpha value is -1.42. The molecule has 1 aromatic rings. The highest BCUT2D eigenvalue weighted by molar-refractivity contribution is 5.39. The number of hydrogen-bond acceptors (Lipinski definition) is 4. The molecule has 0 bridgehead atoms. The van der Waals surface area contributed by atoms with Gasteiger partial charge in [0.2, 0.25) is 0 Å². The molecule has 0 radical (unpaired) electrons. The van der Waals surface area contributed by atoms with Gasteiger partial charge in [-0.25, -0.2) is 9.97 Å². The van der Waals surface area contributed by atoms with Crippen LogP contribution in [0.2, 0.25) is 0 Å². The van der Waals surface area contributed by atoms with E-state index < -0.39 is 0 Å². The molecule has 0 aromatic carbocycles. The minimum Gasteiger partial charge on any atom is -0.505 e. The molecule has 12 heavy (non-hydrogen) atoms. The molecule has 64 valence electrons. The summed E-state index contributed by atoms with van der Waals surface area (Å²) in [6, 6.07) is 0. The lowest BCUT2D eigenvalue weighted by molar-refractivity contribution is 0.469. The van der Waals surface area contributed by atoms with E-state index in [0.717, 1.165) is 6.54 Å². The van der Waals surface area contributed by atoms with Gasteiger partial charge in [0.1, 0.15) is 0 Å². The van der Waals surface area contributed by atoms with E-state index in [0.29, 0.717) is 5.82 Å². The lowest BCUT2D eigenvalue weighted by atomic mass is 10.4. The first kappa shape index (κ1) is 8.67. The van der Waals surface area contributed by atoms with Crippen LogP contribution in [0.15, 0.2) is 18.5 Å². The molecule has 4 heteroatoms. The van der Waals surface area contributed by atoms with E-state index in [1.54, 1.807) is 6.08 Å². The Morgan fingerprint density at radius 2 is 2.17 bits per heavy atom. The van der Waals surface area contributed by atoms with E-state index in [9.17, 15) is 0 Å². The molecule has 0 unspecified atom stereocenters. The molecule has 0 atom stereocenters. The Morgan fingerprint density at radius 3 is 2.75 bits per heavy atom. The summed E-state index contributed by atoms with van der Waals surface area (Å²) in [4.78, 5) is 7.75. The molecule has 0 aliphatic carbocycles. The zero-order chi connectivity index (χ0) is 8.81. The molecular weight excluding hydrogens is 154 g/mol. The van der Waals surface area contributed by atoms with Gasteiger partial charge in [-0.15, -0.1) is 0 Å². The smallest absolute Gasteiger partial charge is 0.152 e. The predicted octanol–water partition coefficient (Wildman–Crippen LogP) is 0.415. The topological polar surface area (TPSA) is 58.0 Å². The monoisotopic (exact) mass is 165 g/mol. The number of nitrogens with one attached hydrogen (secondary N) is 1. The third-order valence-corrected chi connectivity index (χ3v) is 1.25.